The molecular weight excluding hydrogens is 582 g/mol. The molecule has 15 heteroatoms. The molecular formula is C30H70N9O6+. The fourth-order valence-electron chi connectivity index (χ4n) is 4.56. The molecule has 0 aliphatic heterocycles. The first-order chi connectivity index (χ1) is 21.6. The van der Waals surface area contributed by atoms with Gasteiger partial charge in [-0.25, -0.2) is 0 Å². The first-order valence-electron chi connectivity index (χ1n) is 16.8. The second-order valence-electron chi connectivity index (χ2n) is 11.1. The first-order valence-corrected chi connectivity index (χ1v) is 16.8. The Morgan fingerprint density at radius 3 is 1.09 bits per heavy atom. The maximum atomic E-state index is 12.2. The van der Waals surface area contributed by atoms with Gasteiger partial charge in [0.1, 0.15) is 12.2 Å². The van der Waals surface area contributed by atoms with E-state index in [2.05, 4.69) is 67.8 Å². The van der Waals surface area contributed by atoms with Crippen LogP contribution in [0, 0.1) is 0 Å². The fourth-order valence-corrected chi connectivity index (χ4v) is 4.56. The van der Waals surface area contributed by atoms with Crippen LogP contribution in [0.3, 0.4) is 0 Å². The molecule has 0 unspecified atom stereocenters. The van der Waals surface area contributed by atoms with E-state index in [4.69, 9.17) is 0 Å². The van der Waals surface area contributed by atoms with Crippen molar-refractivity contribution in [2.75, 3.05) is 119 Å². The van der Waals surface area contributed by atoms with Crippen molar-refractivity contribution in [1.29, 1.82) is 0 Å². The maximum absolute atomic E-state index is 12.2. The summed E-state index contributed by atoms with van der Waals surface area (Å²) < 4.78 is 0. The third-order valence-corrected chi connectivity index (χ3v) is 7.12. The minimum atomic E-state index is -2.02. The highest BCUT2D eigenvalue weighted by atomic mass is 16.4. The number of hydrogen-bond donors (Lipinski definition) is 10. The zero-order chi connectivity index (χ0) is 34.5. The topological polar surface area (TPSA) is 213 Å². The summed E-state index contributed by atoms with van der Waals surface area (Å²) in [6.45, 7) is 18.4. The molecule has 0 aromatic rings. The summed E-state index contributed by atoms with van der Waals surface area (Å²) in [5, 5.41) is 54.7. The number of amides is 2. The average molecular weight is 653 g/mol. The Morgan fingerprint density at radius 2 is 0.822 bits per heavy atom. The second kappa shape index (κ2) is 31.1. The lowest BCUT2D eigenvalue weighted by atomic mass is 10.0. The molecule has 2 amide bonds. The summed E-state index contributed by atoms with van der Waals surface area (Å²) in [6, 6.07) is 0. The third-order valence-electron chi connectivity index (χ3n) is 7.12. The number of nitrogens with zero attached hydrogens (tertiary/aromatic N) is 3. The Morgan fingerprint density at radius 1 is 0.533 bits per heavy atom. The van der Waals surface area contributed by atoms with Crippen LogP contribution in [-0.4, -0.2) is 191 Å². The van der Waals surface area contributed by atoms with E-state index in [0.29, 0.717) is 13.1 Å². The molecule has 0 bridgehead atoms. The second-order valence-corrected chi connectivity index (χ2v) is 11.1. The van der Waals surface area contributed by atoms with E-state index < -0.39 is 36.2 Å². The molecule has 0 rings (SSSR count). The van der Waals surface area contributed by atoms with Crippen LogP contribution in [0.5, 0.6) is 0 Å². The van der Waals surface area contributed by atoms with Crippen molar-refractivity contribution in [3.8, 4) is 0 Å². The summed E-state index contributed by atoms with van der Waals surface area (Å²) in [7, 11) is 5.71. The smallest absolute Gasteiger partial charge is 0.251 e. The highest BCUT2D eigenvalue weighted by Gasteiger charge is 2.37. The van der Waals surface area contributed by atoms with Gasteiger partial charge in [-0.2, -0.15) is 0 Å². The number of nitrogens with one attached hydrogen (secondary N) is 5. The van der Waals surface area contributed by atoms with Gasteiger partial charge in [0.05, 0.1) is 6.54 Å². The highest BCUT2D eigenvalue weighted by molar-refractivity contribution is 5.83. The van der Waals surface area contributed by atoms with E-state index in [1.807, 2.05) is 21.1 Å². The van der Waals surface area contributed by atoms with Crippen LogP contribution in [0.4, 0.5) is 0 Å². The molecule has 0 fully saturated rings. The summed E-state index contributed by atoms with van der Waals surface area (Å²) in [5.74, 6) is -1.77. The van der Waals surface area contributed by atoms with Crippen LogP contribution >= 0.6 is 0 Å². The van der Waals surface area contributed by atoms with Crippen molar-refractivity contribution in [3.05, 3.63) is 0 Å². The Kier molecular flexibility index (Phi) is 31.5. The molecule has 0 aromatic heterocycles. The molecule has 0 aliphatic carbocycles. The van der Waals surface area contributed by atoms with Crippen LogP contribution in [0.25, 0.3) is 0 Å². The van der Waals surface area contributed by atoms with Gasteiger partial charge in [-0.15, -0.1) is 0 Å². The zero-order valence-corrected chi connectivity index (χ0v) is 29.2. The van der Waals surface area contributed by atoms with Crippen molar-refractivity contribution >= 4 is 11.8 Å². The van der Waals surface area contributed by atoms with Gasteiger partial charge in [0.15, 0.2) is 12.2 Å². The monoisotopic (exact) mass is 653 g/mol. The SMILES string of the molecule is CCCN(CCNC)CCNC(=O)[C@@H](O)[C@H](O)[C@@H](O)[C@@H](O)C(=O)NCCN(CCC)CCNC.CCCN(CC[NH3+])CCNC. The van der Waals surface area contributed by atoms with Crippen LogP contribution in [0.2, 0.25) is 0 Å². The number of hydrogen-bond acceptors (Lipinski definition) is 12. The van der Waals surface area contributed by atoms with Crippen LogP contribution in [0.1, 0.15) is 40.0 Å². The highest BCUT2D eigenvalue weighted by Crippen LogP contribution is 2.06. The van der Waals surface area contributed by atoms with Gasteiger partial charge in [-0.05, 0) is 60.0 Å². The quantitative estimate of drug-likeness (QED) is 0.0389. The van der Waals surface area contributed by atoms with Crippen molar-refractivity contribution in [1.82, 2.24) is 41.3 Å². The van der Waals surface area contributed by atoms with E-state index in [0.717, 1.165) is 78.3 Å². The fraction of sp³-hybridized carbons (Fsp3) is 0.933. The molecule has 15 nitrogen and oxygen atoms in total. The lowest BCUT2D eigenvalue weighted by molar-refractivity contribution is -0.368. The number of likely N-dealkylation sites (N-methyl/N-ethyl adjacent to an activating group) is 3. The van der Waals surface area contributed by atoms with E-state index in [1.165, 1.54) is 13.0 Å². The van der Waals surface area contributed by atoms with E-state index >= 15 is 0 Å². The lowest BCUT2D eigenvalue weighted by Crippen LogP contribution is -2.55. The van der Waals surface area contributed by atoms with Crippen molar-refractivity contribution in [2.24, 2.45) is 0 Å². The number of carbonyl (C=O) groups excluding carboxylic acids is 2. The van der Waals surface area contributed by atoms with Gasteiger partial charge in [-0.3, -0.25) is 14.5 Å². The molecule has 0 saturated heterocycles. The Bertz CT molecular complexity index is 646. The molecule has 12 N–H and O–H groups in total. The third kappa shape index (κ3) is 23.5. The summed E-state index contributed by atoms with van der Waals surface area (Å²) in [6.07, 6.45) is -4.88. The molecule has 0 aromatic carbocycles. The predicted molar refractivity (Wildman–Crippen MR) is 180 cm³/mol. The number of aliphatic hydroxyl groups is 4. The first kappa shape index (κ1) is 45.6. The van der Waals surface area contributed by atoms with Gasteiger partial charge in [0.25, 0.3) is 11.8 Å². The Hall–Kier alpha value is -1.50. The van der Waals surface area contributed by atoms with E-state index in [-0.39, 0.29) is 13.1 Å². The molecule has 0 spiro atoms. The lowest BCUT2D eigenvalue weighted by Gasteiger charge is -2.26. The Balaban J connectivity index is 0. The molecule has 0 radical (unpaired) electrons. The van der Waals surface area contributed by atoms with Crippen molar-refractivity contribution < 1.29 is 35.7 Å². The number of carbonyl (C=O) groups is 2. The predicted octanol–water partition coefficient (Wildman–Crippen LogP) is -4.32. The van der Waals surface area contributed by atoms with Crippen molar-refractivity contribution in [3.63, 3.8) is 0 Å². The molecule has 45 heavy (non-hydrogen) atoms. The van der Waals surface area contributed by atoms with Crippen molar-refractivity contribution in [2.45, 2.75) is 64.4 Å². The molecule has 0 heterocycles. The summed E-state index contributed by atoms with van der Waals surface area (Å²) >= 11 is 0. The van der Waals surface area contributed by atoms with Crippen LogP contribution in [-0.2, 0) is 9.59 Å². The molecule has 270 valence electrons. The standard InChI is InChI=1S/C22H48N6O6.C8H21N3/c1-5-11-27(13-7-23-3)15-9-25-21(33)19(31)17(29)18(30)20(32)22(34)26-10-16-28(12-6-2)14-8-24-4;1-3-6-11(7-4-9)8-5-10-2/h17-20,23-24,29-32H,5-16H2,1-4H3,(H,25,33)(H,26,34);10H,3-9H2,1-2H3/p+1/t17-,18-,19-,20+;/m1./s1. The summed E-state index contributed by atoms with van der Waals surface area (Å²) in [4.78, 5) is 31.1. The van der Waals surface area contributed by atoms with E-state index in [1.54, 1.807) is 0 Å². The molecule has 0 saturated carbocycles. The van der Waals surface area contributed by atoms with Gasteiger partial charge in [0, 0.05) is 72.0 Å². The van der Waals surface area contributed by atoms with Gasteiger partial charge in [0.2, 0.25) is 0 Å². The maximum Gasteiger partial charge on any atom is 0.251 e. The van der Waals surface area contributed by atoms with Crippen LogP contribution < -0.4 is 32.3 Å². The average Bonchev–Trinajstić information content (AvgIpc) is 3.03. The number of rotatable bonds is 28. The zero-order valence-electron chi connectivity index (χ0n) is 29.2. The molecule has 0 aliphatic rings. The van der Waals surface area contributed by atoms with Gasteiger partial charge >= 0.3 is 0 Å². The molecule has 4 atom stereocenters. The minimum absolute atomic E-state index is 0.243. The minimum Gasteiger partial charge on any atom is -0.387 e. The van der Waals surface area contributed by atoms with E-state index in [9.17, 15) is 30.0 Å². The largest absolute Gasteiger partial charge is 0.387 e. The number of aliphatic hydroxyl groups excluding tert-OH is 4. The van der Waals surface area contributed by atoms with Gasteiger partial charge < -0.3 is 62.5 Å². The van der Waals surface area contributed by atoms with Crippen LogP contribution in [0.15, 0.2) is 0 Å². The van der Waals surface area contributed by atoms with Gasteiger partial charge in [-0.1, -0.05) is 20.8 Å². The number of quaternary nitrogens is 1. The Labute approximate surface area is 272 Å². The summed E-state index contributed by atoms with van der Waals surface area (Å²) in [5.41, 5.74) is 3.85. The normalized spacial score (nSPS) is 14.2.